The summed E-state index contributed by atoms with van der Waals surface area (Å²) in [7, 11) is 0. The number of para-hydroxylation sites is 1. The van der Waals surface area contributed by atoms with E-state index in [1.807, 2.05) is 12.1 Å². The average Bonchev–Trinajstić information content (AvgIpc) is 3.20. The van der Waals surface area contributed by atoms with E-state index in [1.165, 1.54) is 28.7 Å². The number of nitrogens with zero attached hydrogens (tertiary/aromatic N) is 2. The molecular formula is C25H20N2O7. The van der Waals surface area contributed by atoms with Crippen LogP contribution in [-0.4, -0.2) is 40.3 Å². The Bertz CT molecular complexity index is 1450. The Morgan fingerprint density at radius 3 is 2.06 bits per heavy atom. The third kappa shape index (κ3) is 3.77. The van der Waals surface area contributed by atoms with Gasteiger partial charge in [-0.05, 0) is 43.5 Å². The number of aromatic nitrogens is 1. The molecule has 0 aliphatic carbocycles. The molecule has 34 heavy (non-hydrogen) atoms. The summed E-state index contributed by atoms with van der Waals surface area (Å²) in [6.45, 7) is 3.35. The van der Waals surface area contributed by atoms with Crippen LogP contribution in [-0.2, 0) is 9.47 Å². The summed E-state index contributed by atoms with van der Waals surface area (Å²) in [5, 5.41) is 11.8. The van der Waals surface area contributed by atoms with Gasteiger partial charge >= 0.3 is 11.9 Å². The minimum absolute atomic E-state index is 0.0270. The van der Waals surface area contributed by atoms with Crippen molar-refractivity contribution >= 4 is 39.8 Å². The first kappa shape index (κ1) is 22.7. The molecule has 0 aliphatic rings. The molecule has 0 saturated heterocycles. The molecule has 4 rings (SSSR count). The van der Waals surface area contributed by atoms with Crippen molar-refractivity contribution in [3.63, 3.8) is 0 Å². The quantitative estimate of drug-likeness (QED) is 0.171. The monoisotopic (exact) mass is 460 g/mol. The molecule has 0 N–H and O–H groups in total. The van der Waals surface area contributed by atoms with Crippen LogP contribution < -0.4 is 0 Å². The number of fused-ring (bicyclic) bond motifs is 3. The Balaban J connectivity index is 2.10. The van der Waals surface area contributed by atoms with Gasteiger partial charge in [-0.2, -0.15) is 0 Å². The maximum absolute atomic E-state index is 13.8. The second-order valence-corrected chi connectivity index (χ2v) is 7.29. The zero-order valence-electron chi connectivity index (χ0n) is 18.4. The molecule has 2 heterocycles. The Morgan fingerprint density at radius 1 is 0.824 bits per heavy atom. The van der Waals surface area contributed by atoms with Crippen LogP contribution in [0.3, 0.4) is 0 Å². The summed E-state index contributed by atoms with van der Waals surface area (Å²) in [5.74, 6) is -2.20. The Hall–Kier alpha value is -4.53. The highest BCUT2D eigenvalue weighted by molar-refractivity contribution is 6.20. The summed E-state index contributed by atoms with van der Waals surface area (Å²) >= 11 is 0. The van der Waals surface area contributed by atoms with Crippen LogP contribution in [0.2, 0.25) is 0 Å². The van der Waals surface area contributed by atoms with Gasteiger partial charge in [-0.15, -0.1) is 0 Å². The molecule has 0 bridgehead atoms. The van der Waals surface area contributed by atoms with Gasteiger partial charge < -0.3 is 13.9 Å². The minimum Gasteiger partial charge on any atom is -0.462 e. The van der Waals surface area contributed by atoms with Crippen LogP contribution in [0.5, 0.6) is 0 Å². The molecule has 0 atom stereocenters. The van der Waals surface area contributed by atoms with Crippen molar-refractivity contribution in [1.82, 2.24) is 4.40 Å². The van der Waals surface area contributed by atoms with Gasteiger partial charge in [-0.25, -0.2) is 9.59 Å². The van der Waals surface area contributed by atoms with E-state index < -0.39 is 22.6 Å². The van der Waals surface area contributed by atoms with Crippen molar-refractivity contribution in [1.29, 1.82) is 0 Å². The molecule has 2 aromatic carbocycles. The van der Waals surface area contributed by atoms with Crippen LogP contribution in [0.15, 0.2) is 60.7 Å². The third-order valence-corrected chi connectivity index (χ3v) is 5.32. The second kappa shape index (κ2) is 9.14. The van der Waals surface area contributed by atoms with E-state index in [9.17, 15) is 24.5 Å². The van der Waals surface area contributed by atoms with Crippen LogP contribution in [0.1, 0.15) is 50.6 Å². The first-order valence-electron chi connectivity index (χ1n) is 10.6. The topological polar surface area (TPSA) is 117 Å². The predicted octanol–water partition coefficient (Wildman–Crippen LogP) is 4.59. The maximum atomic E-state index is 13.8. The van der Waals surface area contributed by atoms with Crippen LogP contribution in [0.4, 0.5) is 5.69 Å². The number of hydrogen-bond acceptors (Lipinski definition) is 7. The molecule has 0 radical (unpaired) electrons. The largest absolute Gasteiger partial charge is 0.462 e. The molecule has 0 fully saturated rings. The number of carbonyl (C=O) groups is 3. The fourth-order valence-electron chi connectivity index (χ4n) is 3.90. The van der Waals surface area contributed by atoms with Crippen LogP contribution in [0, 0.1) is 10.1 Å². The number of rotatable bonds is 7. The summed E-state index contributed by atoms with van der Waals surface area (Å²) < 4.78 is 12.0. The van der Waals surface area contributed by atoms with Gasteiger partial charge in [0.2, 0.25) is 5.78 Å². The fourth-order valence-corrected chi connectivity index (χ4v) is 3.90. The molecule has 0 unspecified atom stereocenters. The number of ether oxygens (including phenoxy) is 2. The molecule has 4 aromatic rings. The first-order valence-corrected chi connectivity index (χ1v) is 10.6. The Kier molecular flexibility index (Phi) is 6.09. The predicted molar refractivity (Wildman–Crippen MR) is 123 cm³/mol. The standard InChI is InChI=1S/C25H20N2O7/c1-3-33-24(29)20-19-14-11-15-7-5-6-8-18(15)26(19)22(21(20)25(30)34-4-2)23(28)16-9-12-17(13-10-16)27(31)32/h5-14H,3-4H2,1-2H3. The van der Waals surface area contributed by atoms with Crippen LogP contribution in [0.25, 0.3) is 16.4 Å². The van der Waals surface area contributed by atoms with E-state index in [0.29, 0.717) is 11.0 Å². The number of hydrogen-bond donors (Lipinski definition) is 0. The van der Waals surface area contributed by atoms with Crippen molar-refractivity contribution in [3.8, 4) is 0 Å². The van der Waals surface area contributed by atoms with Gasteiger partial charge in [-0.3, -0.25) is 14.9 Å². The lowest BCUT2D eigenvalue weighted by Crippen LogP contribution is -2.17. The van der Waals surface area contributed by atoms with E-state index in [0.717, 1.165) is 5.39 Å². The van der Waals surface area contributed by atoms with Gasteiger partial charge in [-0.1, -0.05) is 24.3 Å². The maximum Gasteiger partial charge on any atom is 0.341 e. The summed E-state index contributed by atoms with van der Waals surface area (Å²) in [6.07, 6.45) is 0. The lowest BCUT2D eigenvalue weighted by atomic mass is 10.0. The zero-order valence-corrected chi connectivity index (χ0v) is 18.4. The van der Waals surface area contributed by atoms with Gasteiger partial charge in [0.25, 0.3) is 5.69 Å². The van der Waals surface area contributed by atoms with E-state index in [2.05, 4.69) is 0 Å². The lowest BCUT2D eigenvalue weighted by Gasteiger charge is -2.09. The number of benzene rings is 2. The molecule has 172 valence electrons. The smallest absolute Gasteiger partial charge is 0.341 e. The summed E-state index contributed by atoms with van der Waals surface area (Å²) in [5.41, 5.74) is 0.467. The lowest BCUT2D eigenvalue weighted by molar-refractivity contribution is -0.384. The van der Waals surface area contributed by atoms with Gasteiger partial charge in [0.1, 0.15) is 16.8 Å². The number of carbonyl (C=O) groups excluding carboxylic acids is 3. The molecule has 2 aromatic heterocycles. The third-order valence-electron chi connectivity index (χ3n) is 5.32. The first-order chi connectivity index (χ1) is 16.4. The van der Waals surface area contributed by atoms with Gasteiger partial charge in [0.15, 0.2) is 0 Å². The van der Waals surface area contributed by atoms with E-state index in [-0.39, 0.29) is 41.3 Å². The minimum atomic E-state index is -0.844. The van der Waals surface area contributed by atoms with Gasteiger partial charge in [0, 0.05) is 17.7 Å². The van der Waals surface area contributed by atoms with Gasteiger partial charge in [0.05, 0.1) is 29.2 Å². The summed E-state index contributed by atoms with van der Waals surface area (Å²) in [4.78, 5) is 50.3. The molecule has 0 aliphatic heterocycles. The highest BCUT2D eigenvalue weighted by Crippen LogP contribution is 2.32. The normalized spacial score (nSPS) is 10.9. The second-order valence-electron chi connectivity index (χ2n) is 7.29. The number of pyridine rings is 1. The van der Waals surface area contributed by atoms with Crippen molar-refractivity contribution in [3.05, 3.63) is 93.2 Å². The van der Waals surface area contributed by atoms with Crippen molar-refractivity contribution in [2.45, 2.75) is 13.8 Å². The Morgan fingerprint density at radius 2 is 1.44 bits per heavy atom. The van der Waals surface area contributed by atoms with Crippen molar-refractivity contribution in [2.75, 3.05) is 13.2 Å². The molecule has 0 saturated carbocycles. The molecule has 9 nitrogen and oxygen atoms in total. The number of esters is 2. The van der Waals surface area contributed by atoms with Crippen LogP contribution >= 0.6 is 0 Å². The van der Waals surface area contributed by atoms with E-state index >= 15 is 0 Å². The fraction of sp³-hybridized carbons (Fsp3) is 0.160. The molecule has 9 heteroatoms. The summed E-state index contributed by atoms with van der Waals surface area (Å²) in [6, 6.07) is 15.7. The molecule has 0 spiro atoms. The van der Waals surface area contributed by atoms with Crippen molar-refractivity contribution < 1.29 is 28.8 Å². The van der Waals surface area contributed by atoms with Crippen molar-refractivity contribution in [2.24, 2.45) is 0 Å². The molecular weight excluding hydrogens is 440 g/mol. The number of nitro groups is 1. The Labute approximate surface area is 193 Å². The highest BCUT2D eigenvalue weighted by Gasteiger charge is 2.34. The zero-order chi connectivity index (χ0) is 24.4. The van der Waals surface area contributed by atoms with E-state index in [4.69, 9.17) is 9.47 Å². The number of nitro benzene ring substituents is 1. The molecule has 0 amide bonds. The average molecular weight is 460 g/mol. The highest BCUT2D eigenvalue weighted by atomic mass is 16.6. The SMILES string of the molecule is CCOC(=O)c1c(C(=O)OCC)c2ccc3ccccc3n2c1C(=O)c1ccc([N+](=O)[O-])cc1. The number of non-ortho nitro benzene ring substituents is 1. The number of ketones is 1. The van der Waals surface area contributed by atoms with E-state index in [1.54, 1.807) is 38.1 Å².